The summed E-state index contributed by atoms with van der Waals surface area (Å²) in [6, 6.07) is 20.1. The van der Waals surface area contributed by atoms with E-state index in [1.54, 1.807) is 38.1 Å². The van der Waals surface area contributed by atoms with Crippen molar-refractivity contribution in [2.24, 2.45) is 0 Å². The third-order valence-electron chi connectivity index (χ3n) is 4.83. The molecule has 0 saturated carbocycles. The van der Waals surface area contributed by atoms with Crippen LogP contribution in [0.2, 0.25) is 0 Å². The average molecular weight is 449 g/mol. The van der Waals surface area contributed by atoms with Crippen molar-refractivity contribution in [1.82, 2.24) is 4.31 Å². The van der Waals surface area contributed by atoms with Crippen LogP contribution in [0.15, 0.2) is 77.7 Å². The minimum atomic E-state index is -3.72. The molecule has 3 aromatic carbocycles. The van der Waals surface area contributed by atoms with E-state index in [0.29, 0.717) is 18.7 Å². The standard InChI is InChI=1S/C25H24N2O4S/c1-3-27(4-2)32(30,31)22-16-17-24(28)23(18-22)26-25(29)21-14-12-20(13-15-21)11-10-19-8-6-5-7-9-19/h5-9,12-18,28H,3-4H2,1-2H3,(H,26,29). The fraction of sp³-hybridized carbons (Fsp3) is 0.160. The number of nitrogens with zero attached hydrogens (tertiary/aromatic N) is 1. The van der Waals surface area contributed by atoms with Crippen LogP contribution in [0.5, 0.6) is 5.75 Å². The number of phenolic OH excluding ortho intramolecular Hbond substituents is 1. The SMILES string of the molecule is CCN(CC)S(=O)(=O)c1ccc(O)c(NC(=O)c2ccc(C#Cc3ccccc3)cc2)c1. The highest BCUT2D eigenvalue weighted by atomic mass is 32.2. The molecule has 0 aliphatic carbocycles. The van der Waals surface area contributed by atoms with Crippen LogP contribution in [0.25, 0.3) is 0 Å². The van der Waals surface area contributed by atoms with Crippen molar-refractivity contribution < 1.29 is 18.3 Å². The van der Waals surface area contributed by atoms with Gasteiger partial charge in [0.25, 0.3) is 5.91 Å². The minimum absolute atomic E-state index is 0.000772. The molecule has 0 unspecified atom stereocenters. The molecule has 0 aliphatic rings. The molecular weight excluding hydrogens is 424 g/mol. The van der Waals surface area contributed by atoms with Crippen molar-refractivity contribution in [1.29, 1.82) is 0 Å². The number of rotatable bonds is 6. The summed E-state index contributed by atoms with van der Waals surface area (Å²) in [4.78, 5) is 12.6. The molecule has 0 aliphatic heterocycles. The number of phenols is 1. The van der Waals surface area contributed by atoms with Crippen LogP contribution in [0, 0.1) is 11.8 Å². The number of sulfonamides is 1. The topological polar surface area (TPSA) is 86.7 Å². The highest BCUT2D eigenvalue weighted by Crippen LogP contribution is 2.28. The Kier molecular flexibility index (Phi) is 7.31. The number of hydrogen-bond acceptors (Lipinski definition) is 4. The van der Waals surface area contributed by atoms with Crippen LogP contribution < -0.4 is 5.32 Å². The largest absolute Gasteiger partial charge is 0.506 e. The molecule has 7 heteroatoms. The molecule has 6 nitrogen and oxygen atoms in total. The number of carbonyl (C=O) groups excluding carboxylic acids is 1. The van der Waals surface area contributed by atoms with Crippen molar-refractivity contribution in [3.8, 4) is 17.6 Å². The van der Waals surface area contributed by atoms with E-state index in [-0.39, 0.29) is 16.3 Å². The van der Waals surface area contributed by atoms with Crippen molar-refractivity contribution in [2.75, 3.05) is 18.4 Å². The molecule has 2 N–H and O–H groups in total. The Balaban J connectivity index is 1.78. The van der Waals surface area contributed by atoms with Crippen LogP contribution in [0.3, 0.4) is 0 Å². The summed E-state index contributed by atoms with van der Waals surface area (Å²) < 4.78 is 26.8. The van der Waals surface area contributed by atoms with Crippen molar-refractivity contribution >= 4 is 21.6 Å². The van der Waals surface area contributed by atoms with Crippen molar-refractivity contribution in [2.45, 2.75) is 18.7 Å². The van der Waals surface area contributed by atoms with E-state index in [1.807, 2.05) is 30.3 Å². The van der Waals surface area contributed by atoms with E-state index in [4.69, 9.17) is 0 Å². The number of carbonyl (C=O) groups is 1. The first-order chi connectivity index (χ1) is 15.3. The zero-order valence-electron chi connectivity index (χ0n) is 17.9. The molecule has 164 valence electrons. The second-order valence-corrected chi connectivity index (χ2v) is 8.85. The van der Waals surface area contributed by atoms with Gasteiger partial charge >= 0.3 is 0 Å². The van der Waals surface area contributed by atoms with Gasteiger partial charge in [-0.05, 0) is 54.6 Å². The lowest BCUT2D eigenvalue weighted by Gasteiger charge is -2.19. The monoisotopic (exact) mass is 448 g/mol. The van der Waals surface area contributed by atoms with E-state index >= 15 is 0 Å². The molecule has 0 bridgehead atoms. The summed E-state index contributed by atoms with van der Waals surface area (Å²) >= 11 is 0. The Morgan fingerprint density at radius 3 is 2.09 bits per heavy atom. The van der Waals surface area contributed by atoms with Gasteiger partial charge in [0.1, 0.15) is 5.75 Å². The average Bonchev–Trinajstić information content (AvgIpc) is 2.80. The maximum Gasteiger partial charge on any atom is 0.255 e. The molecule has 0 saturated heterocycles. The molecule has 0 spiro atoms. The third-order valence-corrected chi connectivity index (χ3v) is 6.88. The number of aromatic hydroxyl groups is 1. The lowest BCUT2D eigenvalue weighted by Crippen LogP contribution is -2.30. The van der Waals surface area contributed by atoms with Gasteiger partial charge in [-0.1, -0.05) is 43.9 Å². The summed E-state index contributed by atoms with van der Waals surface area (Å²) in [6.07, 6.45) is 0. The molecule has 0 heterocycles. The first kappa shape index (κ1) is 23.1. The second kappa shape index (κ2) is 10.1. The van der Waals surface area contributed by atoms with Gasteiger partial charge in [-0.3, -0.25) is 4.79 Å². The van der Waals surface area contributed by atoms with E-state index in [2.05, 4.69) is 17.2 Å². The van der Waals surface area contributed by atoms with E-state index < -0.39 is 15.9 Å². The van der Waals surface area contributed by atoms with E-state index in [0.717, 1.165) is 11.1 Å². The number of anilines is 1. The maximum absolute atomic E-state index is 12.7. The van der Waals surface area contributed by atoms with Crippen LogP contribution in [0.1, 0.15) is 35.3 Å². The van der Waals surface area contributed by atoms with Crippen LogP contribution in [-0.4, -0.2) is 36.8 Å². The van der Waals surface area contributed by atoms with Gasteiger partial charge in [-0.25, -0.2) is 8.42 Å². The highest BCUT2D eigenvalue weighted by Gasteiger charge is 2.23. The van der Waals surface area contributed by atoms with Crippen molar-refractivity contribution in [3.05, 3.63) is 89.5 Å². The Bertz CT molecular complexity index is 1250. The van der Waals surface area contributed by atoms with Crippen molar-refractivity contribution in [3.63, 3.8) is 0 Å². The van der Waals surface area contributed by atoms with Gasteiger partial charge in [0, 0.05) is 29.8 Å². The predicted molar refractivity (Wildman–Crippen MR) is 125 cm³/mol. The van der Waals surface area contributed by atoms with E-state index in [1.165, 1.54) is 22.5 Å². The molecule has 0 radical (unpaired) electrons. The number of amides is 1. The molecular formula is C25H24N2O4S. The fourth-order valence-electron chi connectivity index (χ4n) is 3.05. The Labute approximate surface area is 188 Å². The molecule has 0 fully saturated rings. The van der Waals surface area contributed by atoms with Crippen LogP contribution in [0.4, 0.5) is 5.69 Å². The Morgan fingerprint density at radius 2 is 1.50 bits per heavy atom. The lowest BCUT2D eigenvalue weighted by molar-refractivity contribution is 0.102. The van der Waals surface area contributed by atoms with Gasteiger partial charge in [0.05, 0.1) is 10.6 Å². The second-order valence-electron chi connectivity index (χ2n) is 6.92. The summed E-state index contributed by atoms with van der Waals surface area (Å²) in [6.45, 7) is 4.14. The molecule has 3 aromatic rings. The first-order valence-corrected chi connectivity index (χ1v) is 11.6. The lowest BCUT2D eigenvalue weighted by atomic mass is 10.1. The quantitative estimate of drug-likeness (QED) is 0.440. The Hall–Kier alpha value is -3.60. The zero-order valence-corrected chi connectivity index (χ0v) is 18.7. The maximum atomic E-state index is 12.7. The third kappa shape index (κ3) is 5.35. The summed E-state index contributed by atoms with van der Waals surface area (Å²) in [5.41, 5.74) is 2.02. The van der Waals surface area contributed by atoms with Crippen LogP contribution in [-0.2, 0) is 10.0 Å². The molecule has 32 heavy (non-hydrogen) atoms. The highest BCUT2D eigenvalue weighted by molar-refractivity contribution is 7.89. The normalized spacial score (nSPS) is 11.0. The predicted octanol–water partition coefficient (Wildman–Crippen LogP) is 4.07. The van der Waals surface area contributed by atoms with Gasteiger partial charge < -0.3 is 10.4 Å². The van der Waals surface area contributed by atoms with Gasteiger partial charge in [0.15, 0.2) is 0 Å². The van der Waals surface area contributed by atoms with Crippen LogP contribution >= 0.6 is 0 Å². The fourth-order valence-corrected chi connectivity index (χ4v) is 4.54. The molecule has 3 rings (SSSR count). The first-order valence-electron chi connectivity index (χ1n) is 10.2. The molecule has 0 aromatic heterocycles. The summed E-state index contributed by atoms with van der Waals surface area (Å²) in [5, 5.41) is 12.7. The molecule has 0 atom stereocenters. The number of benzene rings is 3. The van der Waals surface area contributed by atoms with E-state index in [9.17, 15) is 18.3 Å². The van der Waals surface area contributed by atoms with Gasteiger partial charge in [-0.2, -0.15) is 4.31 Å². The zero-order chi connectivity index (χ0) is 23.1. The number of nitrogens with one attached hydrogen (secondary N) is 1. The summed E-state index contributed by atoms with van der Waals surface area (Å²) in [7, 11) is -3.72. The van der Waals surface area contributed by atoms with Gasteiger partial charge in [0.2, 0.25) is 10.0 Å². The molecule has 1 amide bonds. The Morgan fingerprint density at radius 1 is 0.906 bits per heavy atom. The summed E-state index contributed by atoms with van der Waals surface area (Å²) in [5.74, 6) is 5.40. The smallest absolute Gasteiger partial charge is 0.255 e. The van der Waals surface area contributed by atoms with Gasteiger partial charge in [-0.15, -0.1) is 0 Å². The minimum Gasteiger partial charge on any atom is -0.506 e. The number of hydrogen-bond donors (Lipinski definition) is 2.